The van der Waals surface area contributed by atoms with Crippen LogP contribution in [0.25, 0.3) is 44.5 Å². The summed E-state index contributed by atoms with van der Waals surface area (Å²) in [6.07, 6.45) is 5.38. The van der Waals surface area contributed by atoms with Gasteiger partial charge >= 0.3 is 0 Å². The molecule has 314 valence electrons. The third-order valence-corrected chi connectivity index (χ3v) is 10.1. The van der Waals surface area contributed by atoms with Crippen LogP contribution in [0.5, 0.6) is 0 Å². The van der Waals surface area contributed by atoms with Gasteiger partial charge in [0, 0.05) is 76.1 Å². The van der Waals surface area contributed by atoms with Gasteiger partial charge in [0.2, 0.25) is 0 Å². The topological polar surface area (TPSA) is 63.1 Å². The number of allylic oxidation sites excluding steroid dienone is 2. The maximum absolute atomic E-state index is 11.2. The van der Waals surface area contributed by atoms with Gasteiger partial charge in [-0.05, 0) is 88.0 Å². The Balaban J connectivity index is 0.000000277. The van der Waals surface area contributed by atoms with Crippen LogP contribution in [-0.4, -0.2) is 20.9 Å². The number of fused-ring (bicyclic) bond motifs is 4. The van der Waals surface area contributed by atoms with E-state index in [1.54, 1.807) is 0 Å². The van der Waals surface area contributed by atoms with Crippen molar-refractivity contribution < 1.29 is 50.1 Å². The van der Waals surface area contributed by atoms with Crippen molar-refractivity contribution in [2.45, 2.75) is 101 Å². The van der Waals surface area contributed by atoms with E-state index in [-0.39, 0.29) is 57.2 Å². The molecule has 4 nitrogen and oxygen atoms in total. The molecule has 2 heterocycles. The number of benzene rings is 4. The summed E-state index contributed by atoms with van der Waals surface area (Å²) in [6, 6.07) is 38.9. The molecule has 0 aliphatic heterocycles. The van der Waals surface area contributed by atoms with Crippen molar-refractivity contribution in [3.05, 3.63) is 155 Å². The van der Waals surface area contributed by atoms with E-state index in [4.69, 9.17) is 4.98 Å². The SMILES string of the molecule is CC(C)CC(=O)C=C(O)CC(C)C.Cc1[c-]c(-c2cc(CC(C)C)c3cc4c(cc3n2)C(C)(C)c2ccccc2-4)cc(C)c1.Cc1ccc(-c2[c-]cccc2)nc1.[Ir].[Ir]. The Kier molecular flexibility index (Phi) is 18.4. The molecule has 59 heavy (non-hydrogen) atoms. The Bertz CT molecular complexity index is 2320. The van der Waals surface area contributed by atoms with Crippen molar-refractivity contribution in [3.8, 4) is 33.6 Å². The molecule has 0 saturated carbocycles. The van der Waals surface area contributed by atoms with E-state index in [0.29, 0.717) is 30.6 Å². The molecule has 0 bridgehead atoms. The summed E-state index contributed by atoms with van der Waals surface area (Å²) in [5.41, 5.74) is 15.7. The molecule has 1 N–H and O–H groups in total. The largest absolute Gasteiger partial charge is 0.512 e. The summed E-state index contributed by atoms with van der Waals surface area (Å²) in [5.74, 6) is 1.56. The molecule has 0 unspecified atom stereocenters. The van der Waals surface area contributed by atoms with Gasteiger partial charge in [-0.3, -0.25) is 9.78 Å². The smallest absolute Gasteiger partial charge is 0.159 e. The van der Waals surface area contributed by atoms with E-state index < -0.39 is 0 Å². The Labute approximate surface area is 381 Å². The zero-order valence-electron chi connectivity index (χ0n) is 36.6. The van der Waals surface area contributed by atoms with Crippen LogP contribution in [0.2, 0.25) is 0 Å². The van der Waals surface area contributed by atoms with Crippen LogP contribution >= 0.6 is 0 Å². The summed E-state index contributed by atoms with van der Waals surface area (Å²) in [7, 11) is 0. The molecule has 6 aromatic rings. The number of carbonyl (C=O) groups is 1. The first-order valence-corrected chi connectivity index (χ1v) is 20.4. The second-order valence-electron chi connectivity index (χ2n) is 17.4. The average Bonchev–Trinajstić information content (AvgIpc) is 3.36. The Morgan fingerprint density at radius 3 is 2.03 bits per heavy atom. The second-order valence-corrected chi connectivity index (χ2v) is 17.4. The number of aryl methyl sites for hydroxylation is 3. The number of hydrogen-bond acceptors (Lipinski definition) is 4. The van der Waals surface area contributed by atoms with Gasteiger partial charge < -0.3 is 10.1 Å². The van der Waals surface area contributed by atoms with Crippen LogP contribution < -0.4 is 0 Å². The molecule has 0 fully saturated rings. The molecular formula is C53H60Ir2N2O2-2. The summed E-state index contributed by atoms with van der Waals surface area (Å²) in [4.78, 5) is 20.7. The Hall–Kier alpha value is -4.05. The minimum absolute atomic E-state index is 0. The van der Waals surface area contributed by atoms with Gasteiger partial charge in [-0.25, -0.2) is 0 Å². The molecule has 0 spiro atoms. The van der Waals surface area contributed by atoms with Gasteiger partial charge in [-0.15, -0.1) is 70.8 Å². The molecule has 1 aliphatic rings. The molecule has 1 aliphatic carbocycles. The third kappa shape index (κ3) is 13.2. The van der Waals surface area contributed by atoms with E-state index >= 15 is 0 Å². The fourth-order valence-electron chi connectivity index (χ4n) is 7.57. The van der Waals surface area contributed by atoms with Gasteiger partial charge in [0.05, 0.1) is 11.3 Å². The van der Waals surface area contributed by atoms with Gasteiger partial charge in [-0.1, -0.05) is 112 Å². The first kappa shape index (κ1) is 49.3. The predicted octanol–water partition coefficient (Wildman–Crippen LogP) is 13.8. The van der Waals surface area contributed by atoms with Gasteiger partial charge in [0.25, 0.3) is 0 Å². The second kappa shape index (κ2) is 22.0. The Morgan fingerprint density at radius 1 is 0.729 bits per heavy atom. The summed E-state index contributed by atoms with van der Waals surface area (Å²) >= 11 is 0. The van der Waals surface area contributed by atoms with Crippen LogP contribution in [0.3, 0.4) is 0 Å². The normalized spacial score (nSPS) is 12.4. The van der Waals surface area contributed by atoms with Crippen LogP contribution in [0.4, 0.5) is 0 Å². The number of pyridine rings is 2. The molecular weight excluding hydrogens is 1080 g/mol. The van der Waals surface area contributed by atoms with Crippen molar-refractivity contribution in [1.29, 1.82) is 0 Å². The van der Waals surface area contributed by atoms with E-state index in [1.807, 2.05) is 71.1 Å². The predicted molar refractivity (Wildman–Crippen MR) is 239 cm³/mol. The number of nitrogens with zero attached hydrogens (tertiary/aromatic N) is 2. The summed E-state index contributed by atoms with van der Waals surface area (Å²) < 4.78 is 0. The zero-order valence-corrected chi connectivity index (χ0v) is 41.4. The van der Waals surface area contributed by atoms with Crippen molar-refractivity contribution >= 4 is 16.7 Å². The van der Waals surface area contributed by atoms with Crippen LogP contribution in [0, 0.1) is 50.7 Å². The third-order valence-electron chi connectivity index (χ3n) is 10.1. The Morgan fingerprint density at radius 2 is 1.42 bits per heavy atom. The molecule has 0 amide bonds. The fourth-order valence-corrected chi connectivity index (χ4v) is 7.57. The molecule has 0 atom stereocenters. The molecule has 0 saturated heterocycles. The quantitative estimate of drug-likeness (QED) is 0.0890. The zero-order chi connectivity index (χ0) is 41.4. The van der Waals surface area contributed by atoms with Crippen LogP contribution in [0.15, 0.2) is 109 Å². The minimum atomic E-state index is -0.0118. The maximum atomic E-state index is 11.2. The van der Waals surface area contributed by atoms with Crippen molar-refractivity contribution in [1.82, 2.24) is 9.97 Å². The molecule has 7 rings (SSSR count). The minimum Gasteiger partial charge on any atom is -0.512 e. The number of aliphatic hydroxyl groups excluding tert-OH is 1. The number of ketones is 1. The monoisotopic (exact) mass is 1140 g/mol. The summed E-state index contributed by atoms with van der Waals surface area (Å²) in [5, 5.41) is 10.6. The first-order valence-electron chi connectivity index (χ1n) is 20.4. The molecule has 4 aromatic carbocycles. The van der Waals surface area contributed by atoms with Gasteiger partial charge in [-0.2, -0.15) is 0 Å². The summed E-state index contributed by atoms with van der Waals surface area (Å²) in [6.45, 7) is 23.5. The number of aliphatic hydroxyl groups is 1. The number of aromatic nitrogens is 2. The van der Waals surface area contributed by atoms with Gasteiger partial charge in [0.1, 0.15) is 0 Å². The van der Waals surface area contributed by atoms with Crippen LogP contribution in [-0.2, 0) is 56.8 Å². The number of rotatable bonds is 9. The van der Waals surface area contributed by atoms with Crippen molar-refractivity contribution in [2.75, 3.05) is 0 Å². The van der Waals surface area contributed by atoms with Gasteiger partial charge in [0.15, 0.2) is 5.78 Å². The van der Waals surface area contributed by atoms with E-state index in [1.165, 1.54) is 50.4 Å². The molecule has 2 aromatic heterocycles. The molecule has 6 heteroatoms. The number of hydrogen-bond donors (Lipinski definition) is 1. The molecule has 2 radical (unpaired) electrons. The maximum Gasteiger partial charge on any atom is 0.159 e. The van der Waals surface area contributed by atoms with Crippen molar-refractivity contribution in [3.63, 3.8) is 0 Å². The van der Waals surface area contributed by atoms with E-state index in [9.17, 15) is 9.90 Å². The fraction of sp³-hybridized carbons (Fsp3) is 0.340. The standard InChI is InChI=1S/C30H30N.C12H10N.C11H20O2.2Ir/c1-18(2)11-21-15-28(22-13-19(3)12-20(4)14-22)31-29-17-27-25(16-24(21)29)23-9-7-8-10-26(23)30(27,5)6;1-10-7-8-12(13-9-10)11-5-3-2-4-6-11;1-8(2)5-10(12)7-11(13)6-9(3)4;;/h7-10,12-13,15-18H,11H2,1-6H3;2-5,7-9H,1H3;7-9,12H,5-6H2,1-4H3;;/q2*-1;;;. The van der Waals surface area contributed by atoms with Crippen LogP contribution in [0.1, 0.15) is 102 Å². The average molecular weight is 1140 g/mol. The van der Waals surface area contributed by atoms with E-state index in [2.05, 4.69) is 119 Å². The van der Waals surface area contributed by atoms with E-state index in [0.717, 1.165) is 40.0 Å². The first-order chi connectivity index (χ1) is 27.0. The van der Waals surface area contributed by atoms with Crippen molar-refractivity contribution in [2.24, 2.45) is 17.8 Å². The number of carbonyl (C=O) groups excluding carboxylic acids is 1.